The van der Waals surface area contributed by atoms with E-state index in [1.165, 1.54) is 0 Å². The number of hydrogen-bond acceptors (Lipinski definition) is 5. The molecule has 7 heteroatoms. The van der Waals surface area contributed by atoms with Crippen molar-refractivity contribution in [1.29, 1.82) is 0 Å². The number of ether oxygens (including phenoxy) is 1. The number of amides is 2. The van der Waals surface area contributed by atoms with Crippen LogP contribution in [0.1, 0.15) is 25.8 Å². The van der Waals surface area contributed by atoms with Crippen LogP contribution in [0.4, 0.5) is 4.79 Å². The van der Waals surface area contributed by atoms with Gasteiger partial charge in [-0.25, -0.2) is 0 Å². The number of halogens is 1. The molecule has 1 saturated heterocycles. The van der Waals surface area contributed by atoms with E-state index in [0.29, 0.717) is 17.0 Å². The summed E-state index contributed by atoms with van der Waals surface area (Å²) in [6.07, 6.45) is 1.97. The maximum atomic E-state index is 12.3. The quantitative estimate of drug-likeness (QED) is 0.596. The van der Waals surface area contributed by atoms with Crippen LogP contribution in [0.3, 0.4) is 0 Å². The van der Waals surface area contributed by atoms with Crippen LogP contribution < -0.4 is 0 Å². The van der Waals surface area contributed by atoms with Crippen molar-refractivity contribution >= 4 is 46.6 Å². The number of esters is 1. The van der Waals surface area contributed by atoms with Crippen molar-refractivity contribution < 1.29 is 19.1 Å². The molecule has 23 heavy (non-hydrogen) atoms. The molecular formula is C16H16ClNO4S. The van der Waals surface area contributed by atoms with Gasteiger partial charge in [0.15, 0.2) is 0 Å². The number of carbonyl (C=O) groups excluding carboxylic acids is 3. The number of nitrogens with zero attached hydrogens (tertiary/aromatic N) is 1. The highest BCUT2D eigenvalue weighted by Gasteiger charge is 2.36. The zero-order valence-electron chi connectivity index (χ0n) is 12.7. The lowest BCUT2D eigenvalue weighted by molar-refractivity contribution is -0.150. The molecule has 5 nitrogen and oxygen atoms in total. The minimum atomic E-state index is -0.597. The Kier molecular flexibility index (Phi) is 5.85. The molecule has 1 aliphatic heterocycles. The number of rotatable bonds is 5. The third kappa shape index (κ3) is 4.36. The van der Waals surface area contributed by atoms with Crippen LogP contribution in [-0.2, 0) is 14.3 Å². The van der Waals surface area contributed by atoms with Gasteiger partial charge < -0.3 is 4.74 Å². The molecule has 1 heterocycles. The van der Waals surface area contributed by atoms with Crippen molar-refractivity contribution in [2.24, 2.45) is 0 Å². The molecule has 0 N–H and O–H groups in total. The van der Waals surface area contributed by atoms with E-state index in [-0.39, 0.29) is 17.6 Å². The molecule has 1 atom stereocenters. The second kappa shape index (κ2) is 7.66. The van der Waals surface area contributed by atoms with Gasteiger partial charge in [0.1, 0.15) is 6.54 Å². The van der Waals surface area contributed by atoms with Crippen molar-refractivity contribution in [3.8, 4) is 0 Å². The van der Waals surface area contributed by atoms with Gasteiger partial charge in [0.05, 0.1) is 11.0 Å². The minimum Gasteiger partial charge on any atom is -0.461 e. The Morgan fingerprint density at radius 3 is 2.74 bits per heavy atom. The first-order chi connectivity index (χ1) is 10.9. The highest BCUT2D eigenvalue weighted by Crippen LogP contribution is 2.33. The van der Waals surface area contributed by atoms with E-state index < -0.39 is 17.1 Å². The number of imide groups is 1. The summed E-state index contributed by atoms with van der Waals surface area (Å²) in [4.78, 5) is 37.1. The standard InChI is InChI=1S/C16H16ClNO4S/c1-3-10(2)22-14(19)9-18-15(20)13(23-16(18)21)8-11-6-4-5-7-12(11)17/h4-8,10H,3,9H2,1-2H3/b13-8+/t10-/m0/s1. The van der Waals surface area contributed by atoms with Gasteiger partial charge in [0, 0.05) is 5.02 Å². The van der Waals surface area contributed by atoms with Crippen LogP contribution in [0.25, 0.3) is 6.08 Å². The average Bonchev–Trinajstić information content (AvgIpc) is 2.77. The van der Waals surface area contributed by atoms with Crippen molar-refractivity contribution in [2.75, 3.05) is 6.54 Å². The van der Waals surface area contributed by atoms with Crippen molar-refractivity contribution in [1.82, 2.24) is 4.90 Å². The Balaban J connectivity index is 2.11. The van der Waals surface area contributed by atoms with Gasteiger partial charge in [0.25, 0.3) is 11.1 Å². The Labute approximate surface area is 143 Å². The zero-order valence-corrected chi connectivity index (χ0v) is 14.3. The first-order valence-corrected chi connectivity index (χ1v) is 8.31. The molecule has 122 valence electrons. The Hall–Kier alpha value is -1.79. The van der Waals surface area contributed by atoms with E-state index in [1.807, 2.05) is 6.92 Å². The lowest BCUT2D eigenvalue weighted by Crippen LogP contribution is -2.35. The molecule has 1 aromatic carbocycles. The summed E-state index contributed by atoms with van der Waals surface area (Å²) in [5, 5.41) is -0.00937. The number of benzene rings is 1. The summed E-state index contributed by atoms with van der Waals surface area (Å²) in [5.74, 6) is -1.11. The predicted molar refractivity (Wildman–Crippen MR) is 90.0 cm³/mol. The molecule has 0 aliphatic carbocycles. The summed E-state index contributed by atoms with van der Waals surface area (Å²) in [6, 6.07) is 7.00. The average molecular weight is 354 g/mol. The maximum Gasteiger partial charge on any atom is 0.326 e. The molecule has 1 aromatic rings. The highest BCUT2D eigenvalue weighted by atomic mass is 35.5. The third-order valence-corrected chi connectivity index (χ3v) is 4.51. The summed E-state index contributed by atoms with van der Waals surface area (Å²) in [6.45, 7) is 3.25. The topological polar surface area (TPSA) is 63.7 Å². The molecule has 0 spiro atoms. The molecule has 1 aliphatic rings. The maximum absolute atomic E-state index is 12.3. The van der Waals surface area contributed by atoms with Gasteiger partial charge in [-0.05, 0) is 42.8 Å². The summed E-state index contributed by atoms with van der Waals surface area (Å²) in [5.41, 5.74) is 0.641. The Morgan fingerprint density at radius 2 is 2.09 bits per heavy atom. The van der Waals surface area contributed by atoms with E-state index in [1.54, 1.807) is 37.3 Å². The molecule has 0 bridgehead atoms. The van der Waals surface area contributed by atoms with E-state index in [0.717, 1.165) is 16.7 Å². The van der Waals surface area contributed by atoms with Gasteiger partial charge in [0.2, 0.25) is 0 Å². The predicted octanol–water partition coefficient (Wildman–Crippen LogP) is 3.72. The molecule has 0 saturated carbocycles. The second-order valence-electron chi connectivity index (χ2n) is 5.00. The summed E-state index contributed by atoms with van der Waals surface area (Å²) in [7, 11) is 0. The third-order valence-electron chi connectivity index (χ3n) is 3.26. The number of hydrogen-bond donors (Lipinski definition) is 0. The molecule has 2 amide bonds. The smallest absolute Gasteiger partial charge is 0.326 e. The molecular weight excluding hydrogens is 338 g/mol. The summed E-state index contributed by atoms with van der Waals surface area (Å²) < 4.78 is 5.10. The number of carbonyl (C=O) groups is 3. The number of thioether (sulfide) groups is 1. The zero-order chi connectivity index (χ0) is 17.0. The van der Waals surface area contributed by atoms with Crippen molar-refractivity contribution in [3.63, 3.8) is 0 Å². The molecule has 0 unspecified atom stereocenters. The highest BCUT2D eigenvalue weighted by molar-refractivity contribution is 8.18. The molecule has 0 aromatic heterocycles. The largest absolute Gasteiger partial charge is 0.461 e. The molecule has 2 rings (SSSR count). The normalized spacial score (nSPS) is 17.7. The molecule has 0 radical (unpaired) electrons. The second-order valence-corrected chi connectivity index (χ2v) is 6.40. The van der Waals surface area contributed by atoms with E-state index in [4.69, 9.17) is 16.3 Å². The Morgan fingerprint density at radius 1 is 1.39 bits per heavy atom. The van der Waals surface area contributed by atoms with E-state index in [2.05, 4.69) is 0 Å². The van der Waals surface area contributed by atoms with Gasteiger partial charge in [-0.3, -0.25) is 19.3 Å². The van der Waals surface area contributed by atoms with Crippen molar-refractivity contribution in [3.05, 3.63) is 39.8 Å². The van der Waals surface area contributed by atoms with Gasteiger partial charge in [-0.2, -0.15) is 0 Å². The monoisotopic (exact) mass is 353 g/mol. The van der Waals surface area contributed by atoms with Crippen LogP contribution in [0.5, 0.6) is 0 Å². The summed E-state index contributed by atoms with van der Waals surface area (Å²) >= 11 is 6.83. The van der Waals surface area contributed by atoms with Gasteiger partial charge in [-0.1, -0.05) is 36.7 Å². The first kappa shape index (κ1) is 17.6. The van der Waals surface area contributed by atoms with Gasteiger partial charge in [-0.15, -0.1) is 0 Å². The van der Waals surface area contributed by atoms with Crippen LogP contribution in [-0.4, -0.2) is 34.7 Å². The minimum absolute atomic E-state index is 0.236. The SMILES string of the molecule is CC[C@H](C)OC(=O)CN1C(=O)S/C(=C/c2ccccc2Cl)C1=O. The fourth-order valence-electron chi connectivity index (χ4n) is 1.84. The fraction of sp³-hybridized carbons (Fsp3) is 0.312. The van der Waals surface area contributed by atoms with Crippen molar-refractivity contribution in [2.45, 2.75) is 26.4 Å². The molecule has 1 fully saturated rings. The lowest BCUT2D eigenvalue weighted by atomic mass is 10.2. The van der Waals surface area contributed by atoms with Crippen LogP contribution >= 0.6 is 23.4 Å². The Bertz CT molecular complexity index is 674. The van der Waals surface area contributed by atoms with Gasteiger partial charge >= 0.3 is 5.97 Å². The first-order valence-electron chi connectivity index (χ1n) is 7.11. The fourth-order valence-corrected chi connectivity index (χ4v) is 2.86. The van der Waals surface area contributed by atoms with Crippen LogP contribution in [0.15, 0.2) is 29.2 Å². The van der Waals surface area contributed by atoms with E-state index >= 15 is 0 Å². The van der Waals surface area contributed by atoms with E-state index in [9.17, 15) is 14.4 Å². The lowest BCUT2D eigenvalue weighted by Gasteiger charge is -2.14. The van der Waals surface area contributed by atoms with Crippen LogP contribution in [0, 0.1) is 0 Å². The van der Waals surface area contributed by atoms with Crippen LogP contribution in [0.2, 0.25) is 5.02 Å².